The molecule has 0 radical (unpaired) electrons. The van der Waals surface area contributed by atoms with E-state index in [1.54, 1.807) is 7.11 Å². The maximum absolute atomic E-state index is 11.6. The summed E-state index contributed by atoms with van der Waals surface area (Å²) in [6.45, 7) is 29.5. The highest BCUT2D eigenvalue weighted by atomic mass is 28.4. The number of ether oxygens (including phenoxy) is 3. The summed E-state index contributed by atoms with van der Waals surface area (Å²) < 4.78 is 31.5. The number of carbonyl (C=O) groups is 1. The van der Waals surface area contributed by atoms with Crippen LogP contribution in [0.3, 0.4) is 0 Å². The zero-order chi connectivity index (χ0) is 39.3. The standard InChI is InChI=1S/C42H70O8Si2/c1-31(17-14-21-39-38(46-9)26-23-33(48-39)18-16-22-40(44)45)30-35(49-51(10,11)41(3,4)5)19-15-20-36(43)37(50-52(12,13)42(6,7)8)25-24-34-29-32(2)27-28-47-34/h15,19,23-27,33-39,43H,1,14,17-18,20-21,28-30H2,2-13H3,(H,44,45)/b19-15+,25-24+. The third kappa shape index (κ3) is 15.7. The van der Waals surface area contributed by atoms with Crippen molar-refractivity contribution in [3.8, 4) is 11.8 Å². The zero-order valence-electron chi connectivity index (χ0n) is 34.3. The van der Waals surface area contributed by atoms with Crippen LogP contribution < -0.4 is 0 Å². The van der Waals surface area contributed by atoms with Gasteiger partial charge in [-0.25, -0.2) is 4.79 Å². The van der Waals surface area contributed by atoms with Crippen LogP contribution in [0.2, 0.25) is 36.3 Å². The minimum atomic E-state index is -2.18. The lowest BCUT2D eigenvalue weighted by Crippen LogP contribution is -2.46. The van der Waals surface area contributed by atoms with Gasteiger partial charge in [-0.2, -0.15) is 0 Å². The minimum Gasteiger partial charge on any atom is -0.472 e. The summed E-state index contributed by atoms with van der Waals surface area (Å²) in [5.41, 5.74) is 2.41. The Morgan fingerprint density at radius 3 is 2.33 bits per heavy atom. The second-order valence-corrected chi connectivity index (χ2v) is 27.0. The van der Waals surface area contributed by atoms with Crippen LogP contribution in [-0.4, -0.2) is 89.3 Å². The summed E-state index contributed by atoms with van der Waals surface area (Å²) in [6.07, 6.45) is 17.0. The highest BCUT2D eigenvalue weighted by molar-refractivity contribution is 6.74. The van der Waals surface area contributed by atoms with E-state index in [9.17, 15) is 9.90 Å². The number of carboxylic acid groups (broad SMARTS) is 1. The topological polar surface area (TPSA) is 104 Å². The number of hydrogen-bond acceptors (Lipinski definition) is 7. The third-order valence-electron chi connectivity index (χ3n) is 10.9. The second kappa shape index (κ2) is 20.6. The molecule has 7 atom stereocenters. The van der Waals surface area contributed by atoms with Crippen LogP contribution in [0.25, 0.3) is 0 Å². The van der Waals surface area contributed by atoms with E-state index in [0.717, 1.165) is 31.3 Å². The number of hydrogen-bond donors (Lipinski definition) is 2. The Bertz CT molecular complexity index is 1340. The molecule has 7 unspecified atom stereocenters. The quantitative estimate of drug-likeness (QED) is 0.0811. The van der Waals surface area contributed by atoms with Gasteiger partial charge in [0.2, 0.25) is 0 Å². The fraction of sp³-hybridized carbons (Fsp3) is 0.690. The molecule has 0 spiro atoms. The van der Waals surface area contributed by atoms with Crippen LogP contribution in [0.4, 0.5) is 0 Å². The summed E-state index contributed by atoms with van der Waals surface area (Å²) in [5, 5.41) is 20.5. The molecular formula is C42H70O8Si2. The molecule has 0 amide bonds. The highest BCUT2D eigenvalue weighted by Gasteiger charge is 2.41. The zero-order valence-corrected chi connectivity index (χ0v) is 36.3. The van der Waals surface area contributed by atoms with Gasteiger partial charge in [0.25, 0.3) is 0 Å². The van der Waals surface area contributed by atoms with Gasteiger partial charge in [0.1, 0.15) is 6.10 Å². The van der Waals surface area contributed by atoms with Crippen LogP contribution >= 0.6 is 0 Å². The van der Waals surface area contributed by atoms with Gasteiger partial charge in [0.15, 0.2) is 16.6 Å². The van der Waals surface area contributed by atoms with Crippen molar-refractivity contribution in [2.24, 2.45) is 0 Å². The maximum Gasteiger partial charge on any atom is 0.381 e. The predicted molar refractivity (Wildman–Crippen MR) is 217 cm³/mol. The molecule has 52 heavy (non-hydrogen) atoms. The van der Waals surface area contributed by atoms with Crippen molar-refractivity contribution in [3.63, 3.8) is 0 Å². The number of rotatable bonds is 18. The summed E-state index contributed by atoms with van der Waals surface area (Å²) in [6, 6.07) is 0. The second-order valence-electron chi connectivity index (χ2n) is 17.5. The lowest BCUT2D eigenvalue weighted by Gasteiger charge is -2.40. The van der Waals surface area contributed by atoms with Gasteiger partial charge in [-0.1, -0.05) is 108 Å². The SMILES string of the molecule is C=C(CCCC1OC(CC#CC(=O)O)C=CC1OC)CC(/C=C/CC(O)C(/C=C/C1CC(C)=CCO1)O[Si](C)(C)C(C)(C)C)O[Si](C)(C)C(C)(C)C. The Balaban J connectivity index is 2.14. The van der Waals surface area contributed by atoms with Crippen molar-refractivity contribution in [1.29, 1.82) is 0 Å². The Morgan fingerprint density at radius 2 is 1.73 bits per heavy atom. The van der Waals surface area contributed by atoms with Crippen LogP contribution in [0, 0.1) is 11.8 Å². The molecule has 0 bridgehead atoms. The lowest BCUT2D eigenvalue weighted by molar-refractivity contribution is -0.130. The largest absolute Gasteiger partial charge is 0.472 e. The molecular weight excluding hydrogens is 689 g/mol. The van der Waals surface area contributed by atoms with E-state index < -0.39 is 34.8 Å². The Kier molecular flexibility index (Phi) is 18.2. The fourth-order valence-corrected chi connectivity index (χ4v) is 8.09. The van der Waals surface area contributed by atoms with Crippen LogP contribution in [0.15, 0.2) is 60.3 Å². The summed E-state index contributed by atoms with van der Waals surface area (Å²) >= 11 is 0. The molecule has 2 rings (SSSR count). The Labute approximate surface area is 318 Å². The van der Waals surface area contributed by atoms with Crippen LogP contribution in [0.5, 0.6) is 0 Å². The van der Waals surface area contributed by atoms with E-state index in [1.165, 1.54) is 5.57 Å². The molecule has 0 saturated carbocycles. The summed E-state index contributed by atoms with van der Waals surface area (Å²) in [4.78, 5) is 10.8. The van der Waals surface area contributed by atoms with E-state index in [2.05, 4.69) is 111 Å². The van der Waals surface area contributed by atoms with Crippen molar-refractivity contribution in [2.45, 2.75) is 172 Å². The third-order valence-corrected chi connectivity index (χ3v) is 19.9. The maximum atomic E-state index is 11.6. The number of aliphatic hydroxyl groups is 1. The summed E-state index contributed by atoms with van der Waals surface area (Å²) in [7, 11) is -2.63. The first-order valence-electron chi connectivity index (χ1n) is 19.0. The van der Waals surface area contributed by atoms with Gasteiger partial charge in [-0.15, -0.1) is 0 Å². The number of aliphatic carboxylic acids is 1. The normalized spacial score (nSPS) is 23.6. The summed E-state index contributed by atoms with van der Waals surface area (Å²) in [5.74, 6) is 3.69. The van der Waals surface area contributed by atoms with E-state index in [1.807, 2.05) is 24.3 Å². The molecule has 0 saturated heterocycles. The van der Waals surface area contributed by atoms with E-state index in [-0.39, 0.29) is 40.6 Å². The molecule has 2 N–H and O–H groups in total. The lowest BCUT2D eigenvalue weighted by atomic mass is 9.98. The first-order chi connectivity index (χ1) is 24.0. The molecule has 2 aliphatic heterocycles. The molecule has 0 aromatic heterocycles. The number of methoxy groups -OCH3 is 1. The smallest absolute Gasteiger partial charge is 0.381 e. The molecule has 0 aliphatic carbocycles. The van der Waals surface area contributed by atoms with E-state index in [4.69, 9.17) is 28.2 Å². The van der Waals surface area contributed by atoms with Crippen molar-refractivity contribution >= 4 is 22.6 Å². The van der Waals surface area contributed by atoms with Crippen LogP contribution in [-0.2, 0) is 27.9 Å². The van der Waals surface area contributed by atoms with Crippen LogP contribution in [0.1, 0.15) is 93.4 Å². The van der Waals surface area contributed by atoms with E-state index in [0.29, 0.717) is 25.9 Å². The predicted octanol–water partition coefficient (Wildman–Crippen LogP) is 9.30. The van der Waals surface area contributed by atoms with Crippen molar-refractivity contribution < 1.29 is 38.1 Å². The van der Waals surface area contributed by atoms with Gasteiger partial charge >= 0.3 is 5.97 Å². The molecule has 0 aromatic rings. The minimum absolute atomic E-state index is 0.000403. The Hall–Kier alpha value is -2.08. The van der Waals surface area contributed by atoms with Gasteiger partial charge in [-0.05, 0) is 81.7 Å². The van der Waals surface area contributed by atoms with Crippen molar-refractivity contribution in [2.75, 3.05) is 13.7 Å². The number of carboxylic acids is 1. The average Bonchev–Trinajstić information content (AvgIpc) is 3.01. The van der Waals surface area contributed by atoms with Gasteiger partial charge in [0.05, 0.1) is 43.2 Å². The molecule has 2 heterocycles. The van der Waals surface area contributed by atoms with Crippen molar-refractivity contribution in [3.05, 3.63) is 60.3 Å². The molecule has 8 nitrogen and oxygen atoms in total. The fourth-order valence-electron chi connectivity index (χ4n) is 5.55. The molecule has 10 heteroatoms. The molecule has 294 valence electrons. The van der Waals surface area contributed by atoms with Crippen molar-refractivity contribution in [1.82, 2.24) is 0 Å². The first-order valence-corrected chi connectivity index (χ1v) is 24.8. The Morgan fingerprint density at radius 1 is 1.08 bits per heavy atom. The first kappa shape index (κ1) is 46.1. The van der Waals surface area contributed by atoms with Gasteiger partial charge in [0, 0.05) is 19.5 Å². The average molecular weight is 759 g/mol. The van der Waals surface area contributed by atoms with E-state index >= 15 is 0 Å². The van der Waals surface area contributed by atoms with Gasteiger partial charge < -0.3 is 33.3 Å². The molecule has 2 aliphatic rings. The molecule has 0 fully saturated rings. The number of aliphatic hydroxyl groups excluding tert-OH is 1. The van der Waals surface area contributed by atoms with Gasteiger partial charge in [-0.3, -0.25) is 0 Å². The highest BCUT2D eigenvalue weighted by Crippen LogP contribution is 2.39. The molecule has 0 aromatic carbocycles. The monoisotopic (exact) mass is 758 g/mol.